The lowest BCUT2D eigenvalue weighted by Crippen LogP contribution is -2.48. The largest absolute Gasteiger partial charge is 0.338 e. The van der Waals surface area contributed by atoms with E-state index in [1.807, 2.05) is 4.90 Å². The predicted octanol–water partition coefficient (Wildman–Crippen LogP) is 1.47. The van der Waals surface area contributed by atoms with Gasteiger partial charge in [-0.25, -0.2) is 0 Å². The van der Waals surface area contributed by atoms with Crippen molar-refractivity contribution in [3.63, 3.8) is 0 Å². The number of nitrogens with zero attached hydrogens (tertiary/aromatic N) is 3. The number of fused-ring (bicyclic) bond motifs is 1. The Labute approximate surface area is 129 Å². The number of hydrogen-bond donors (Lipinski definition) is 0. The molecule has 1 aromatic rings. The first-order chi connectivity index (χ1) is 10.6. The van der Waals surface area contributed by atoms with Crippen molar-refractivity contribution in [3.8, 4) is 0 Å². The molecule has 1 fully saturated rings. The van der Waals surface area contributed by atoms with E-state index in [0.29, 0.717) is 6.54 Å². The standard InChI is InChI=1S/C16H19N3O3/c1-2-11-6-3-4-9-18(11)13(20)10-19-15(21)12-7-5-8-17-14(12)16(19)22/h5,7-8,11H,2-4,6,9-10H2,1H3. The van der Waals surface area contributed by atoms with E-state index < -0.39 is 11.8 Å². The van der Waals surface area contributed by atoms with Gasteiger partial charge in [-0.1, -0.05) is 6.92 Å². The van der Waals surface area contributed by atoms with Crippen molar-refractivity contribution in [3.05, 3.63) is 29.6 Å². The zero-order valence-electron chi connectivity index (χ0n) is 12.6. The molecule has 22 heavy (non-hydrogen) atoms. The van der Waals surface area contributed by atoms with E-state index >= 15 is 0 Å². The monoisotopic (exact) mass is 301 g/mol. The molecule has 1 saturated heterocycles. The van der Waals surface area contributed by atoms with E-state index in [1.54, 1.807) is 12.1 Å². The van der Waals surface area contributed by atoms with Gasteiger partial charge >= 0.3 is 0 Å². The van der Waals surface area contributed by atoms with Crippen LogP contribution in [0.15, 0.2) is 18.3 Å². The first kappa shape index (κ1) is 14.7. The van der Waals surface area contributed by atoms with Crippen LogP contribution >= 0.6 is 0 Å². The Morgan fingerprint density at radius 2 is 2.14 bits per heavy atom. The summed E-state index contributed by atoms with van der Waals surface area (Å²) in [5.41, 5.74) is 0.428. The lowest BCUT2D eigenvalue weighted by molar-refractivity contribution is -0.135. The highest BCUT2D eigenvalue weighted by Crippen LogP contribution is 2.23. The van der Waals surface area contributed by atoms with Crippen LogP contribution in [0.25, 0.3) is 0 Å². The van der Waals surface area contributed by atoms with E-state index in [0.717, 1.165) is 30.6 Å². The summed E-state index contributed by atoms with van der Waals surface area (Å²) in [6, 6.07) is 3.41. The lowest BCUT2D eigenvalue weighted by atomic mass is 10.00. The molecule has 0 saturated carbocycles. The van der Waals surface area contributed by atoms with Crippen LogP contribution in [0.4, 0.5) is 0 Å². The summed E-state index contributed by atoms with van der Waals surface area (Å²) >= 11 is 0. The minimum Gasteiger partial charge on any atom is -0.338 e. The summed E-state index contributed by atoms with van der Waals surface area (Å²) in [6.45, 7) is 2.57. The van der Waals surface area contributed by atoms with Crippen LogP contribution in [-0.2, 0) is 4.79 Å². The number of likely N-dealkylation sites (tertiary alicyclic amines) is 1. The van der Waals surface area contributed by atoms with Gasteiger partial charge in [0.2, 0.25) is 5.91 Å². The number of carbonyl (C=O) groups excluding carboxylic acids is 3. The van der Waals surface area contributed by atoms with Crippen molar-refractivity contribution in [1.29, 1.82) is 0 Å². The van der Waals surface area contributed by atoms with Crippen molar-refractivity contribution in [2.45, 2.75) is 38.6 Å². The molecule has 0 aromatic carbocycles. The van der Waals surface area contributed by atoms with Gasteiger partial charge in [-0.15, -0.1) is 0 Å². The average molecular weight is 301 g/mol. The van der Waals surface area contributed by atoms with Crippen molar-refractivity contribution < 1.29 is 14.4 Å². The normalized spacial score (nSPS) is 21.2. The van der Waals surface area contributed by atoms with Crippen LogP contribution < -0.4 is 0 Å². The minimum atomic E-state index is -0.473. The maximum atomic E-state index is 12.5. The number of piperidine rings is 1. The second kappa shape index (κ2) is 5.87. The van der Waals surface area contributed by atoms with Crippen molar-refractivity contribution in [2.24, 2.45) is 0 Å². The fraction of sp³-hybridized carbons (Fsp3) is 0.500. The van der Waals surface area contributed by atoms with E-state index in [-0.39, 0.29) is 29.8 Å². The number of aromatic nitrogens is 1. The zero-order valence-corrected chi connectivity index (χ0v) is 12.6. The molecular weight excluding hydrogens is 282 g/mol. The first-order valence-corrected chi connectivity index (χ1v) is 7.74. The van der Waals surface area contributed by atoms with Crippen molar-refractivity contribution >= 4 is 17.7 Å². The van der Waals surface area contributed by atoms with Gasteiger partial charge in [0.25, 0.3) is 11.8 Å². The third-order valence-corrected chi connectivity index (χ3v) is 4.44. The van der Waals surface area contributed by atoms with Gasteiger partial charge < -0.3 is 4.90 Å². The van der Waals surface area contributed by atoms with Gasteiger partial charge in [-0.05, 0) is 37.8 Å². The molecule has 3 heterocycles. The topological polar surface area (TPSA) is 70.6 Å². The maximum Gasteiger partial charge on any atom is 0.280 e. The van der Waals surface area contributed by atoms with Gasteiger partial charge in [0, 0.05) is 18.8 Å². The Hall–Kier alpha value is -2.24. The van der Waals surface area contributed by atoms with Crippen LogP contribution in [0, 0.1) is 0 Å². The van der Waals surface area contributed by atoms with Gasteiger partial charge in [-0.3, -0.25) is 24.3 Å². The first-order valence-electron chi connectivity index (χ1n) is 7.74. The van der Waals surface area contributed by atoms with Crippen LogP contribution in [0.5, 0.6) is 0 Å². The highest BCUT2D eigenvalue weighted by molar-refractivity contribution is 6.21. The number of imide groups is 1. The number of amides is 3. The van der Waals surface area contributed by atoms with Crippen LogP contribution in [0.2, 0.25) is 0 Å². The maximum absolute atomic E-state index is 12.5. The van der Waals surface area contributed by atoms with Crippen LogP contribution in [0.1, 0.15) is 53.5 Å². The molecule has 3 amide bonds. The van der Waals surface area contributed by atoms with Gasteiger partial charge in [0.15, 0.2) is 0 Å². The highest BCUT2D eigenvalue weighted by atomic mass is 16.2. The molecule has 2 aliphatic heterocycles. The molecule has 0 spiro atoms. The quantitative estimate of drug-likeness (QED) is 0.793. The molecule has 1 unspecified atom stereocenters. The van der Waals surface area contributed by atoms with Crippen molar-refractivity contribution in [1.82, 2.24) is 14.8 Å². The summed E-state index contributed by atoms with van der Waals surface area (Å²) in [5.74, 6) is -1.05. The molecule has 6 heteroatoms. The minimum absolute atomic E-state index is 0.144. The van der Waals surface area contributed by atoms with Gasteiger partial charge in [0.1, 0.15) is 12.2 Å². The summed E-state index contributed by atoms with van der Waals surface area (Å²) in [4.78, 5) is 43.8. The second-order valence-electron chi connectivity index (χ2n) is 5.74. The van der Waals surface area contributed by atoms with Gasteiger partial charge in [-0.2, -0.15) is 0 Å². The summed E-state index contributed by atoms with van der Waals surface area (Å²) in [7, 11) is 0. The van der Waals surface area contributed by atoms with E-state index in [9.17, 15) is 14.4 Å². The molecule has 0 N–H and O–H groups in total. The third-order valence-electron chi connectivity index (χ3n) is 4.44. The van der Waals surface area contributed by atoms with E-state index in [4.69, 9.17) is 0 Å². The molecule has 116 valence electrons. The molecular formula is C16H19N3O3. The van der Waals surface area contributed by atoms with E-state index in [2.05, 4.69) is 11.9 Å². The Bertz CT molecular complexity index is 594. The smallest absolute Gasteiger partial charge is 0.280 e. The number of carbonyl (C=O) groups is 3. The SMILES string of the molecule is CCC1CCCCN1C(=O)CN1C(=O)c2cccnc2C1=O. The Balaban J connectivity index is 1.75. The van der Waals surface area contributed by atoms with Crippen LogP contribution in [-0.4, -0.2) is 51.6 Å². The Morgan fingerprint density at radius 3 is 2.86 bits per heavy atom. The molecule has 0 radical (unpaired) electrons. The number of pyridine rings is 1. The second-order valence-corrected chi connectivity index (χ2v) is 5.74. The van der Waals surface area contributed by atoms with Gasteiger partial charge in [0.05, 0.1) is 5.56 Å². The summed E-state index contributed by atoms with van der Waals surface area (Å²) in [5, 5.41) is 0. The molecule has 0 bridgehead atoms. The van der Waals surface area contributed by atoms with Crippen molar-refractivity contribution in [2.75, 3.05) is 13.1 Å². The molecule has 1 atom stereocenters. The predicted molar refractivity (Wildman–Crippen MR) is 79.2 cm³/mol. The zero-order chi connectivity index (χ0) is 15.7. The number of hydrogen-bond acceptors (Lipinski definition) is 4. The molecule has 3 rings (SSSR count). The number of rotatable bonds is 3. The fourth-order valence-corrected chi connectivity index (χ4v) is 3.24. The fourth-order valence-electron chi connectivity index (χ4n) is 3.24. The van der Waals surface area contributed by atoms with Crippen LogP contribution in [0.3, 0.4) is 0 Å². The lowest BCUT2D eigenvalue weighted by Gasteiger charge is -2.36. The molecule has 0 aliphatic carbocycles. The summed E-state index contributed by atoms with van der Waals surface area (Å²) in [6.07, 6.45) is 5.47. The summed E-state index contributed by atoms with van der Waals surface area (Å²) < 4.78 is 0. The molecule has 2 aliphatic rings. The Morgan fingerprint density at radius 1 is 1.32 bits per heavy atom. The van der Waals surface area contributed by atoms with E-state index in [1.165, 1.54) is 6.20 Å². The third kappa shape index (κ3) is 2.38. The molecule has 6 nitrogen and oxygen atoms in total. The average Bonchev–Trinajstić information content (AvgIpc) is 2.80. The molecule has 1 aromatic heterocycles. The highest BCUT2D eigenvalue weighted by Gasteiger charge is 2.39. The Kier molecular flexibility index (Phi) is 3.92.